The lowest BCUT2D eigenvalue weighted by molar-refractivity contribution is -0.127. The van der Waals surface area contributed by atoms with Gasteiger partial charge < -0.3 is 31.2 Å². The number of ether oxygens (including phenoxy) is 2. The van der Waals surface area contributed by atoms with E-state index in [1.165, 1.54) is 4.90 Å². The standard InChI is InChI=1S/C26H29N5O5S/c1-14-5-8-16(9-6-14)21(24(33)29-26(2,3)4)31(12-15-7-10-17-18(11-15)36-13-35-17)25(34)22-19(27)20(23(28)32)30-37-22/h5-11,21H,12-13,27H2,1-4H3,(H2,28,32)(H,29,33). The molecule has 3 aromatic rings. The number of carbonyl (C=O) groups is 3. The Kier molecular flexibility index (Phi) is 7.08. The highest BCUT2D eigenvalue weighted by atomic mass is 32.1. The van der Waals surface area contributed by atoms with Crippen molar-refractivity contribution in [1.82, 2.24) is 14.6 Å². The van der Waals surface area contributed by atoms with E-state index in [4.69, 9.17) is 20.9 Å². The molecule has 1 aromatic heterocycles. The fraction of sp³-hybridized carbons (Fsp3) is 0.308. The Balaban J connectivity index is 1.83. The highest BCUT2D eigenvalue weighted by molar-refractivity contribution is 7.09. The number of anilines is 1. The van der Waals surface area contributed by atoms with Crippen molar-refractivity contribution < 1.29 is 23.9 Å². The first kappa shape index (κ1) is 26.0. The fourth-order valence-electron chi connectivity index (χ4n) is 3.94. The molecule has 0 radical (unpaired) electrons. The number of nitrogens with two attached hydrogens (primary N) is 2. The highest BCUT2D eigenvalue weighted by Crippen LogP contribution is 2.35. The number of hydrogen-bond donors (Lipinski definition) is 3. The molecule has 0 saturated heterocycles. The molecule has 1 aliphatic rings. The fourth-order valence-corrected chi connectivity index (χ4v) is 4.70. The summed E-state index contributed by atoms with van der Waals surface area (Å²) in [6.07, 6.45) is 0. The Hall–Kier alpha value is -4.12. The van der Waals surface area contributed by atoms with Gasteiger partial charge in [0.1, 0.15) is 10.9 Å². The Labute approximate surface area is 218 Å². The number of hydrogen-bond acceptors (Lipinski definition) is 8. The van der Waals surface area contributed by atoms with Crippen LogP contribution in [0.2, 0.25) is 0 Å². The van der Waals surface area contributed by atoms with Crippen molar-refractivity contribution in [3.8, 4) is 11.5 Å². The second-order valence-corrected chi connectivity index (χ2v) is 10.6. The average molecular weight is 524 g/mol. The molecule has 1 atom stereocenters. The van der Waals surface area contributed by atoms with Crippen LogP contribution in [-0.2, 0) is 11.3 Å². The van der Waals surface area contributed by atoms with Gasteiger partial charge in [0.05, 0.1) is 5.69 Å². The maximum Gasteiger partial charge on any atom is 0.270 e. The lowest BCUT2D eigenvalue weighted by Crippen LogP contribution is -2.49. The molecule has 0 spiro atoms. The van der Waals surface area contributed by atoms with Crippen molar-refractivity contribution in [2.24, 2.45) is 5.73 Å². The number of benzene rings is 2. The molecule has 1 unspecified atom stereocenters. The van der Waals surface area contributed by atoms with Gasteiger partial charge in [-0.15, -0.1) is 0 Å². The Morgan fingerprint density at radius 1 is 1.11 bits per heavy atom. The number of primary amides is 1. The smallest absolute Gasteiger partial charge is 0.270 e. The van der Waals surface area contributed by atoms with E-state index >= 15 is 0 Å². The van der Waals surface area contributed by atoms with Crippen LogP contribution in [-0.4, -0.2) is 39.3 Å². The van der Waals surface area contributed by atoms with Crippen LogP contribution in [0.1, 0.15) is 63.7 Å². The number of nitrogens with one attached hydrogen (secondary N) is 1. The van der Waals surface area contributed by atoms with Crippen LogP contribution in [0.3, 0.4) is 0 Å². The van der Waals surface area contributed by atoms with E-state index in [9.17, 15) is 14.4 Å². The molecular weight excluding hydrogens is 494 g/mol. The lowest BCUT2D eigenvalue weighted by Gasteiger charge is -2.33. The van der Waals surface area contributed by atoms with Gasteiger partial charge in [-0.1, -0.05) is 35.9 Å². The van der Waals surface area contributed by atoms with Crippen LogP contribution in [0.15, 0.2) is 42.5 Å². The summed E-state index contributed by atoms with van der Waals surface area (Å²) in [5.74, 6) is -0.627. The molecule has 0 saturated carbocycles. The van der Waals surface area contributed by atoms with Crippen LogP contribution in [0, 0.1) is 6.92 Å². The van der Waals surface area contributed by atoms with Crippen LogP contribution < -0.4 is 26.3 Å². The predicted octanol–water partition coefficient (Wildman–Crippen LogP) is 3.16. The minimum absolute atomic E-state index is 0.0233. The zero-order valence-electron chi connectivity index (χ0n) is 21.0. The van der Waals surface area contributed by atoms with Gasteiger partial charge >= 0.3 is 0 Å². The molecule has 1 aliphatic heterocycles. The predicted molar refractivity (Wildman–Crippen MR) is 139 cm³/mol. The Morgan fingerprint density at radius 2 is 1.78 bits per heavy atom. The lowest BCUT2D eigenvalue weighted by atomic mass is 9.99. The molecule has 2 heterocycles. The van der Waals surface area contributed by atoms with Crippen molar-refractivity contribution in [2.45, 2.75) is 45.8 Å². The molecule has 194 valence electrons. The molecule has 11 heteroatoms. The van der Waals surface area contributed by atoms with Crippen molar-refractivity contribution in [3.63, 3.8) is 0 Å². The molecule has 0 bridgehead atoms. The zero-order chi connectivity index (χ0) is 26.9. The SMILES string of the molecule is Cc1ccc(C(C(=O)NC(C)(C)C)N(Cc2ccc3c(c2)OCO3)C(=O)c2snc(C(N)=O)c2N)cc1. The third kappa shape index (κ3) is 5.67. The third-order valence-electron chi connectivity index (χ3n) is 5.66. The summed E-state index contributed by atoms with van der Waals surface area (Å²) >= 11 is 0.768. The van der Waals surface area contributed by atoms with Crippen molar-refractivity contribution in [3.05, 3.63) is 69.7 Å². The molecule has 2 aromatic carbocycles. The third-order valence-corrected chi connectivity index (χ3v) is 6.51. The second kappa shape index (κ2) is 10.1. The Bertz CT molecular complexity index is 1350. The zero-order valence-corrected chi connectivity index (χ0v) is 21.8. The van der Waals surface area contributed by atoms with Gasteiger partial charge in [0.2, 0.25) is 12.7 Å². The molecule has 10 nitrogen and oxygen atoms in total. The van der Waals surface area contributed by atoms with Gasteiger partial charge in [-0.2, -0.15) is 4.37 Å². The number of aromatic nitrogens is 1. The van der Waals surface area contributed by atoms with Gasteiger partial charge in [0.15, 0.2) is 17.2 Å². The molecule has 3 amide bonds. The minimum Gasteiger partial charge on any atom is -0.454 e. The number of fused-ring (bicyclic) bond motifs is 1. The van der Waals surface area contributed by atoms with E-state index in [1.54, 1.807) is 18.2 Å². The van der Waals surface area contributed by atoms with Crippen LogP contribution in [0.5, 0.6) is 11.5 Å². The van der Waals surface area contributed by atoms with Gasteiger partial charge in [-0.25, -0.2) is 0 Å². The van der Waals surface area contributed by atoms with Crippen LogP contribution in [0.4, 0.5) is 5.69 Å². The first-order valence-electron chi connectivity index (χ1n) is 11.6. The van der Waals surface area contributed by atoms with E-state index in [2.05, 4.69) is 9.69 Å². The quantitative estimate of drug-likeness (QED) is 0.430. The number of nitrogens with zero attached hydrogens (tertiary/aromatic N) is 2. The molecular formula is C26H29N5O5S. The molecule has 0 aliphatic carbocycles. The normalized spacial score (nSPS) is 13.2. The number of nitrogen functional groups attached to an aromatic ring is 1. The van der Waals surface area contributed by atoms with E-state index in [1.807, 2.05) is 52.0 Å². The molecule has 4 rings (SSSR count). The van der Waals surface area contributed by atoms with Crippen LogP contribution in [0.25, 0.3) is 0 Å². The summed E-state index contributed by atoms with van der Waals surface area (Å²) in [6.45, 7) is 7.67. The summed E-state index contributed by atoms with van der Waals surface area (Å²) in [7, 11) is 0. The van der Waals surface area contributed by atoms with Crippen molar-refractivity contribution in [2.75, 3.05) is 12.5 Å². The van der Waals surface area contributed by atoms with Crippen molar-refractivity contribution in [1.29, 1.82) is 0 Å². The first-order valence-corrected chi connectivity index (χ1v) is 12.3. The minimum atomic E-state index is -1.02. The van der Waals surface area contributed by atoms with E-state index in [0.29, 0.717) is 22.6 Å². The number of aryl methyl sites for hydroxylation is 1. The molecule has 37 heavy (non-hydrogen) atoms. The van der Waals surface area contributed by atoms with Crippen molar-refractivity contribution >= 4 is 34.9 Å². The second-order valence-electron chi connectivity index (χ2n) is 9.81. The topological polar surface area (TPSA) is 150 Å². The Morgan fingerprint density at radius 3 is 2.41 bits per heavy atom. The maximum absolute atomic E-state index is 14.0. The summed E-state index contributed by atoms with van der Waals surface area (Å²) < 4.78 is 14.9. The largest absolute Gasteiger partial charge is 0.454 e. The van der Waals surface area contributed by atoms with Gasteiger partial charge in [-0.3, -0.25) is 14.4 Å². The number of rotatable bonds is 7. The number of amides is 3. The summed E-state index contributed by atoms with van der Waals surface area (Å²) in [5, 5.41) is 2.99. The summed E-state index contributed by atoms with van der Waals surface area (Å²) in [5.41, 5.74) is 13.0. The summed E-state index contributed by atoms with van der Waals surface area (Å²) in [6, 6.07) is 11.7. The van der Waals surface area contributed by atoms with E-state index in [-0.39, 0.29) is 35.5 Å². The van der Waals surface area contributed by atoms with E-state index < -0.39 is 23.4 Å². The van der Waals surface area contributed by atoms with Gasteiger partial charge in [0.25, 0.3) is 11.8 Å². The number of carbonyl (C=O) groups excluding carboxylic acids is 3. The van der Waals surface area contributed by atoms with Gasteiger partial charge in [0, 0.05) is 12.1 Å². The molecule has 0 fully saturated rings. The van der Waals surface area contributed by atoms with E-state index in [0.717, 1.165) is 17.1 Å². The summed E-state index contributed by atoms with van der Waals surface area (Å²) in [4.78, 5) is 40.9. The monoisotopic (exact) mass is 523 g/mol. The van der Waals surface area contributed by atoms with Crippen LogP contribution >= 0.6 is 11.5 Å². The van der Waals surface area contributed by atoms with Gasteiger partial charge in [-0.05, 0) is 62.5 Å². The molecule has 5 N–H and O–H groups in total. The average Bonchev–Trinajstić information content (AvgIpc) is 3.44. The maximum atomic E-state index is 14.0. The highest BCUT2D eigenvalue weighted by Gasteiger charge is 2.36. The first-order chi connectivity index (χ1) is 17.4.